The zero-order chi connectivity index (χ0) is 24.8. The number of nitrogens with zero attached hydrogens (tertiary/aromatic N) is 5. The monoisotopic (exact) mass is 474 g/mol. The number of carbonyl (C=O) groups is 4. The van der Waals surface area contributed by atoms with E-state index in [0.29, 0.717) is 28.0 Å². The zero-order valence-electron chi connectivity index (χ0n) is 18.9. The highest BCUT2D eigenvalue weighted by atomic mass is 16.7. The molecular formula is C24H22N6O5. The first kappa shape index (κ1) is 23.6. The van der Waals surface area contributed by atoms with Gasteiger partial charge in [0.2, 0.25) is 17.6 Å². The third kappa shape index (κ3) is 6.08. The standard InChI is InChI=1S/C24H22N6O5/c1-15-8-10-16(11-9-15)23-26-28-24(29-27-23)17-4-2-5-18(14-17)25-19(31)6-3-7-22(34)35-30-20(32)12-13-21(30)33/h2,4-5,8-11,14H,3,6-7,12-13H2,1H3,(H,25,31). The van der Waals surface area contributed by atoms with E-state index in [1.54, 1.807) is 24.3 Å². The van der Waals surface area contributed by atoms with E-state index >= 15 is 0 Å². The summed E-state index contributed by atoms with van der Waals surface area (Å²) in [6.07, 6.45) is 0.191. The summed E-state index contributed by atoms with van der Waals surface area (Å²) in [5, 5.41) is 19.8. The molecule has 1 aliphatic rings. The molecule has 0 unspecified atom stereocenters. The maximum absolute atomic E-state index is 12.3. The predicted molar refractivity (Wildman–Crippen MR) is 123 cm³/mol. The molecule has 3 amide bonds. The molecule has 0 saturated carbocycles. The van der Waals surface area contributed by atoms with E-state index < -0.39 is 17.8 Å². The molecular weight excluding hydrogens is 452 g/mol. The lowest BCUT2D eigenvalue weighted by Crippen LogP contribution is -2.32. The van der Waals surface area contributed by atoms with Gasteiger partial charge in [0.15, 0.2) is 0 Å². The second-order valence-corrected chi connectivity index (χ2v) is 7.94. The molecule has 1 N–H and O–H groups in total. The summed E-state index contributed by atoms with van der Waals surface area (Å²) < 4.78 is 0. The van der Waals surface area contributed by atoms with Gasteiger partial charge in [-0.3, -0.25) is 14.4 Å². The normalized spacial score (nSPS) is 13.1. The zero-order valence-corrected chi connectivity index (χ0v) is 18.9. The fraction of sp³-hybridized carbons (Fsp3) is 0.250. The van der Waals surface area contributed by atoms with Crippen molar-refractivity contribution in [2.75, 3.05) is 5.32 Å². The van der Waals surface area contributed by atoms with Gasteiger partial charge in [-0.1, -0.05) is 42.0 Å². The summed E-state index contributed by atoms with van der Waals surface area (Å²) in [4.78, 5) is 51.8. The van der Waals surface area contributed by atoms with E-state index in [9.17, 15) is 19.2 Å². The predicted octanol–water partition coefficient (Wildman–Crippen LogP) is 2.63. The Labute approximate surface area is 200 Å². The first-order valence-corrected chi connectivity index (χ1v) is 11.0. The van der Waals surface area contributed by atoms with Gasteiger partial charge >= 0.3 is 5.97 Å². The maximum Gasteiger partial charge on any atom is 0.333 e. The highest BCUT2D eigenvalue weighted by Crippen LogP contribution is 2.20. The molecule has 1 saturated heterocycles. The van der Waals surface area contributed by atoms with Crippen LogP contribution in [0.1, 0.15) is 37.7 Å². The Bertz CT molecular complexity index is 1240. The summed E-state index contributed by atoms with van der Waals surface area (Å²) in [5.41, 5.74) is 3.09. The van der Waals surface area contributed by atoms with Crippen molar-refractivity contribution in [3.63, 3.8) is 0 Å². The Morgan fingerprint density at radius 1 is 0.886 bits per heavy atom. The van der Waals surface area contributed by atoms with Crippen LogP contribution in [-0.4, -0.2) is 49.1 Å². The molecule has 178 valence electrons. The Hall–Kier alpha value is -4.54. The van der Waals surface area contributed by atoms with E-state index in [0.717, 1.165) is 11.1 Å². The Morgan fingerprint density at radius 2 is 1.51 bits per heavy atom. The van der Waals surface area contributed by atoms with Crippen LogP contribution in [0.3, 0.4) is 0 Å². The number of imide groups is 1. The van der Waals surface area contributed by atoms with Crippen molar-refractivity contribution >= 4 is 29.4 Å². The quantitative estimate of drug-likeness (QED) is 0.487. The van der Waals surface area contributed by atoms with Crippen molar-refractivity contribution in [3.05, 3.63) is 54.1 Å². The first-order chi connectivity index (χ1) is 16.9. The molecule has 35 heavy (non-hydrogen) atoms. The fourth-order valence-corrected chi connectivity index (χ4v) is 3.32. The minimum absolute atomic E-state index is 0.0294. The molecule has 2 heterocycles. The molecule has 0 bridgehead atoms. The van der Waals surface area contributed by atoms with Gasteiger partial charge in [0.25, 0.3) is 11.8 Å². The highest BCUT2D eigenvalue weighted by Gasteiger charge is 2.32. The van der Waals surface area contributed by atoms with Crippen LogP contribution >= 0.6 is 0 Å². The third-order valence-corrected chi connectivity index (χ3v) is 5.18. The van der Waals surface area contributed by atoms with Crippen LogP contribution in [0.25, 0.3) is 22.8 Å². The number of hydroxylamine groups is 2. The maximum atomic E-state index is 12.3. The van der Waals surface area contributed by atoms with Gasteiger partial charge in [-0.25, -0.2) is 4.79 Å². The summed E-state index contributed by atoms with van der Waals surface area (Å²) in [5.74, 6) is -1.41. The van der Waals surface area contributed by atoms with Crippen LogP contribution < -0.4 is 5.32 Å². The molecule has 0 atom stereocenters. The Kier molecular flexibility index (Phi) is 7.15. The van der Waals surface area contributed by atoms with Crippen LogP contribution in [0.2, 0.25) is 0 Å². The number of hydrogen-bond donors (Lipinski definition) is 1. The molecule has 1 fully saturated rings. The van der Waals surface area contributed by atoms with E-state index in [1.807, 2.05) is 31.2 Å². The molecule has 11 heteroatoms. The summed E-state index contributed by atoms with van der Waals surface area (Å²) in [6, 6.07) is 14.6. The molecule has 1 aromatic heterocycles. The van der Waals surface area contributed by atoms with E-state index in [-0.39, 0.29) is 38.0 Å². The van der Waals surface area contributed by atoms with E-state index in [4.69, 9.17) is 4.84 Å². The first-order valence-electron chi connectivity index (χ1n) is 11.0. The van der Waals surface area contributed by atoms with Crippen molar-refractivity contribution in [2.24, 2.45) is 0 Å². The number of aromatic nitrogens is 4. The molecule has 0 spiro atoms. The minimum Gasteiger partial charge on any atom is -0.330 e. The number of rotatable bonds is 8. The molecule has 0 radical (unpaired) electrons. The lowest BCUT2D eigenvalue weighted by molar-refractivity contribution is -0.197. The number of aryl methyl sites for hydroxylation is 1. The average molecular weight is 474 g/mol. The summed E-state index contributed by atoms with van der Waals surface area (Å²) in [6.45, 7) is 1.99. The van der Waals surface area contributed by atoms with Crippen molar-refractivity contribution in [1.29, 1.82) is 0 Å². The molecule has 11 nitrogen and oxygen atoms in total. The van der Waals surface area contributed by atoms with Gasteiger partial charge in [0.1, 0.15) is 0 Å². The van der Waals surface area contributed by atoms with Crippen LogP contribution in [0.5, 0.6) is 0 Å². The lowest BCUT2D eigenvalue weighted by atomic mass is 10.1. The number of anilines is 1. The van der Waals surface area contributed by atoms with E-state index in [1.165, 1.54) is 0 Å². The smallest absolute Gasteiger partial charge is 0.330 e. The van der Waals surface area contributed by atoms with Crippen LogP contribution in [0.15, 0.2) is 48.5 Å². The topological polar surface area (TPSA) is 144 Å². The van der Waals surface area contributed by atoms with Gasteiger partial charge < -0.3 is 10.2 Å². The van der Waals surface area contributed by atoms with Crippen LogP contribution in [0.4, 0.5) is 5.69 Å². The number of carbonyl (C=O) groups excluding carboxylic acids is 4. The molecule has 4 rings (SSSR count). The van der Waals surface area contributed by atoms with Crippen molar-refractivity contribution in [3.8, 4) is 22.8 Å². The second kappa shape index (κ2) is 10.6. The van der Waals surface area contributed by atoms with Gasteiger partial charge in [-0.15, -0.1) is 25.5 Å². The second-order valence-electron chi connectivity index (χ2n) is 7.94. The van der Waals surface area contributed by atoms with Crippen LogP contribution in [0, 0.1) is 6.92 Å². The number of hydrogen-bond acceptors (Lipinski definition) is 9. The molecule has 0 aliphatic carbocycles. The van der Waals surface area contributed by atoms with Crippen LogP contribution in [-0.2, 0) is 24.0 Å². The van der Waals surface area contributed by atoms with Gasteiger partial charge in [-0.05, 0) is 25.5 Å². The van der Waals surface area contributed by atoms with Crippen molar-refractivity contribution in [2.45, 2.75) is 39.0 Å². The average Bonchev–Trinajstić information content (AvgIpc) is 3.17. The van der Waals surface area contributed by atoms with Gasteiger partial charge in [0.05, 0.1) is 0 Å². The Balaban J connectivity index is 1.29. The molecule has 2 aromatic carbocycles. The molecule has 1 aliphatic heterocycles. The summed E-state index contributed by atoms with van der Waals surface area (Å²) in [7, 11) is 0. The Morgan fingerprint density at radius 3 is 2.17 bits per heavy atom. The highest BCUT2D eigenvalue weighted by molar-refractivity contribution is 6.01. The van der Waals surface area contributed by atoms with Crippen molar-refractivity contribution in [1.82, 2.24) is 25.5 Å². The van der Waals surface area contributed by atoms with Gasteiger partial charge in [0, 0.05) is 42.5 Å². The number of nitrogens with one attached hydrogen (secondary N) is 1. The fourth-order valence-electron chi connectivity index (χ4n) is 3.32. The minimum atomic E-state index is -0.741. The van der Waals surface area contributed by atoms with E-state index in [2.05, 4.69) is 25.7 Å². The SMILES string of the molecule is Cc1ccc(-c2nnc(-c3cccc(NC(=O)CCCC(=O)ON4C(=O)CCC4=O)c3)nn2)cc1. The molecule has 3 aromatic rings. The summed E-state index contributed by atoms with van der Waals surface area (Å²) >= 11 is 0. The largest absolute Gasteiger partial charge is 0.333 e. The van der Waals surface area contributed by atoms with Crippen molar-refractivity contribution < 1.29 is 24.0 Å². The number of benzene rings is 2. The lowest BCUT2D eigenvalue weighted by Gasteiger charge is -2.12. The van der Waals surface area contributed by atoms with Gasteiger partial charge in [-0.2, -0.15) is 0 Å². The third-order valence-electron chi connectivity index (χ3n) is 5.18. The number of amides is 3.